The van der Waals surface area contributed by atoms with Crippen molar-refractivity contribution in [2.45, 2.75) is 13.1 Å². The predicted octanol–water partition coefficient (Wildman–Crippen LogP) is 0.593. The van der Waals surface area contributed by atoms with E-state index in [1.54, 1.807) is 6.07 Å². The molecule has 2 aromatic rings. The van der Waals surface area contributed by atoms with Gasteiger partial charge < -0.3 is 20.8 Å². The van der Waals surface area contributed by atoms with Crippen molar-refractivity contribution in [3.63, 3.8) is 0 Å². The second-order valence-electron chi connectivity index (χ2n) is 3.78. The number of hydrogen-bond acceptors (Lipinski definition) is 6. The summed E-state index contributed by atoms with van der Waals surface area (Å²) in [5.41, 5.74) is 6.39. The lowest BCUT2D eigenvalue weighted by atomic mass is 10.1. The Morgan fingerprint density at radius 3 is 2.95 bits per heavy atom. The molecule has 0 aliphatic carbocycles. The van der Waals surface area contributed by atoms with Crippen LogP contribution >= 0.6 is 0 Å². The van der Waals surface area contributed by atoms with Gasteiger partial charge in [-0.25, -0.2) is 4.39 Å². The summed E-state index contributed by atoms with van der Waals surface area (Å²) in [7, 11) is 0. The maximum absolute atomic E-state index is 13.4. The summed E-state index contributed by atoms with van der Waals surface area (Å²) in [4.78, 5) is 3.84. The third-order valence-electron chi connectivity index (χ3n) is 2.38. The summed E-state index contributed by atoms with van der Waals surface area (Å²) in [6.07, 6.45) is 1.23. The van der Waals surface area contributed by atoms with Crippen LogP contribution in [0.5, 0.6) is 0 Å². The second-order valence-corrected chi connectivity index (χ2v) is 3.78. The Balaban J connectivity index is 2.02. The molecule has 7 nitrogen and oxygen atoms in total. The van der Waals surface area contributed by atoms with E-state index in [-0.39, 0.29) is 5.84 Å². The Labute approximate surface area is 107 Å². The Hall–Kier alpha value is -2.48. The molecule has 0 aliphatic heterocycles. The molecule has 19 heavy (non-hydrogen) atoms. The van der Waals surface area contributed by atoms with E-state index in [2.05, 4.69) is 25.1 Å². The highest BCUT2D eigenvalue weighted by atomic mass is 19.1. The molecule has 0 saturated heterocycles. The SMILES string of the molecule is N/C(=N/O)c1cc(F)cc(CNCc2ncon2)c1. The number of halogens is 1. The van der Waals surface area contributed by atoms with E-state index in [0.717, 1.165) is 0 Å². The highest BCUT2D eigenvalue weighted by Crippen LogP contribution is 2.09. The zero-order valence-corrected chi connectivity index (χ0v) is 9.88. The topological polar surface area (TPSA) is 110 Å². The van der Waals surface area contributed by atoms with Gasteiger partial charge in [0.05, 0.1) is 6.54 Å². The minimum atomic E-state index is -0.458. The molecule has 8 heteroatoms. The molecule has 0 atom stereocenters. The molecule has 4 N–H and O–H groups in total. The Bertz CT molecular complexity index is 570. The predicted molar refractivity (Wildman–Crippen MR) is 63.8 cm³/mol. The van der Waals surface area contributed by atoms with E-state index >= 15 is 0 Å². The van der Waals surface area contributed by atoms with Crippen LogP contribution in [0, 0.1) is 5.82 Å². The Kier molecular flexibility index (Phi) is 4.04. The average molecular weight is 265 g/mol. The molecule has 1 aromatic carbocycles. The third-order valence-corrected chi connectivity index (χ3v) is 2.38. The van der Waals surface area contributed by atoms with Crippen molar-refractivity contribution in [1.29, 1.82) is 0 Å². The molecule has 0 radical (unpaired) electrons. The van der Waals surface area contributed by atoms with Gasteiger partial charge in [0.15, 0.2) is 11.7 Å². The van der Waals surface area contributed by atoms with Crippen LogP contribution in [0.4, 0.5) is 4.39 Å². The number of oxime groups is 1. The summed E-state index contributed by atoms with van der Waals surface area (Å²) >= 11 is 0. The molecule has 0 saturated carbocycles. The van der Waals surface area contributed by atoms with Crippen LogP contribution in [0.2, 0.25) is 0 Å². The quantitative estimate of drug-likeness (QED) is 0.316. The molecule has 0 spiro atoms. The zero-order valence-electron chi connectivity index (χ0n) is 9.88. The lowest BCUT2D eigenvalue weighted by Gasteiger charge is -2.06. The van der Waals surface area contributed by atoms with Gasteiger partial charge in [0.25, 0.3) is 0 Å². The van der Waals surface area contributed by atoms with Crippen LogP contribution in [0.1, 0.15) is 17.0 Å². The first-order chi connectivity index (χ1) is 9.19. The van der Waals surface area contributed by atoms with Crippen LogP contribution in [-0.4, -0.2) is 21.2 Å². The number of nitrogens with two attached hydrogens (primary N) is 1. The Morgan fingerprint density at radius 1 is 1.42 bits per heavy atom. The monoisotopic (exact) mass is 265 g/mol. The first kappa shape index (κ1) is 13.0. The Morgan fingerprint density at radius 2 is 2.26 bits per heavy atom. The normalized spacial score (nSPS) is 11.7. The van der Waals surface area contributed by atoms with Gasteiger partial charge in [0.1, 0.15) is 5.82 Å². The molecular formula is C11H12FN5O2. The maximum Gasteiger partial charge on any atom is 0.213 e. The number of aromatic nitrogens is 2. The van der Waals surface area contributed by atoms with Crippen LogP contribution in [0.15, 0.2) is 34.3 Å². The molecule has 100 valence electrons. The minimum absolute atomic E-state index is 0.140. The van der Waals surface area contributed by atoms with Gasteiger partial charge in [-0.3, -0.25) is 0 Å². The van der Waals surface area contributed by atoms with Crippen molar-refractivity contribution in [2.24, 2.45) is 10.9 Å². The van der Waals surface area contributed by atoms with E-state index < -0.39 is 5.82 Å². The van der Waals surface area contributed by atoms with Gasteiger partial charge in [0, 0.05) is 12.1 Å². The van der Waals surface area contributed by atoms with Gasteiger partial charge in [-0.15, -0.1) is 0 Å². The number of nitrogens with zero attached hydrogens (tertiary/aromatic N) is 3. The standard InChI is InChI=1S/C11H12FN5O2/c12-9-2-7(1-8(3-9)11(13)16-18)4-14-5-10-15-6-19-17-10/h1-3,6,14,18H,4-5H2,(H2,13,16). The van der Waals surface area contributed by atoms with Crippen LogP contribution < -0.4 is 11.1 Å². The number of rotatable bonds is 5. The molecular weight excluding hydrogens is 253 g/mol. The molecule has 2 rings (SSSR count). The van der Waals surface area contributed by atoms with E-state index in [9.17, 15) is 4.39 Å². The fourth-order valence-corrected chi connectivity index (χ4v) is 1.55. The second kappa shape index (κ2) is 5.91. The lowest BCUT2D eigenvalue weighted by Crippen LogP contribution is -2.16. The largest absolute Gasteiger partial charge is 0.409 e. The molecule has 0 aliphatic rings. The highest BCUT2D eigenvalue weighted by Gasteiger charge is 2.05. The molecule has 0 fully saturated rings. The van der Waals surface area contributed by atoms with Gasteiger partial charge in [0.2, 0.25) is 6.39 Å². The minimum Gasteiger partial charge on any atom is -0.409 e. The van der Waals surface area contributed by atoms with Gasteiger partial charge in [-0.05, 0) is 23.8 Å². The van der Waals surface area contributed by atoms with Crippen molar-refractivity contribution in [2.75, 3.05) is 0 Å². The van der Waals surface area contributed by atoms with E-state index in [1.165, 1.54) is 18.5 Å². The van der Waals surface area contributed by atoms with Crippen molar-refractivity contribution in [3.8, 4) is 0 Å². The summed E-state index contributed by atoms with van der Waals surface area (Å²) in [6.45, 7) is 0.782. The van der Waals surface area contributed by atoms with E-state index in [4.69, 9.17) is 10.9 Å². The fourth-order valence-electron chi connectivity index (χ4n) is 1.55. The van der Waals surface area contributed by atoms with Crippen molar-refractivity contribution < 1.29 is 14.1 Å². The summed E-state index contributed by atoms with van der Waals surface area (Å²) in [5.74, 6) is -0.0903. The molecule has 1 heterocycles. The summed E-state index contributed by atoms with van der Waals surface area (Å²) < 4.78 is 17.9. The summed E-state index contributed by atoms with van der Waals surface area (Å²) in [6, 6.07) is 4.18. The molecule has 0 amide bonds. The molecule has 0 bridgehead atoms. The number of amidine groups is 1. The first-order valence-corrected chi connectivity index (χ1v) is 5.42. The van der Waals surface area contributed by atoms with E-state index in [1.807, 2.05) is 0 Å². The van der Waals surface area contributed by atoms with Crippen LogP contribution in [-0.2, 0) is 13.1 Å². The zero-order chi connectivity index (χ0) is 13.7. The van der Waals surface area contributed by atoms with Gasteiger partial charge in [-0.1, -0.05) is 10.3 Å². The average Bonchev–Trinajstić information content (AvgIpc) is 2.90. The first-order valence-electron chi connectivity index (χ1n) is 5.42. The van der Waals surface area contributed by atoms with Crippen LogP contribution in [0.3, 0.4) is 0 Å². The van der Waals surface area contributed by atoms with Crippen molar-refractivity contribution >= 4 is 5.84 Å². The number of hydrogen-bond donors (Lipinski definition) is 3. The maximum atomic E-state index is 13.4. The van der Waals surface area contributed by atoms with Crippen LogP contribution in [0.25, 0.3) is 0 Å². The fraction of sp³-hybridized carbons (Fsp3) is 0.182. The highest BCUT2D eigenvalue weighted by molar-refractivity contribution is 5.97. The number of nitrogens with one attached hydrogen (secondary N) is 1. The molecule has 1 aromatic heterocycles. The van der Waals surface area contributed by atoms with Crippen molar-refractivity contribution in [1.82, 2.24) is 15.5 Å². The lowest BCUT2D eigenvalue weighted by molar-refractivity contribution is 0.318. The third kappa shape index (κ3) is 3.49. The van der Waals surface area contributed by atoms with E-state index in [0.29, 0.717) is 30.0 Å². The smallest absolute Gasteiger partial charge is 0.213 e. The van der Waals surface area contributed by atoms with Crippen molar-refractivity contribution in [3.05, 3.63) is 47.4 Å². The van der Waals surface area contributed by atoms with Gasteiger partial charge >= 0.3 is 0 Å². The summed E-state index contributed by atoms with van der Waals surface area (Å²) in [5, 5.41) is 18.1. The number of benzene rings is 1. The molecule has 0 unspecified atom stereocenters. The van der Waals surface area contributed by atoms with Gasteiger partial charge in [-0.2, -0.15) is 4.98 Å².